The Morgan fingerprint density at radius 3 is 2.38 bits per heavy atom. The monoisotopic (exact) mass is 349 g/mol. The van der Waals surface area contributed by atoms with Crippen molar-refractivity contribution in [2.45, 2.75) is 19.6 Å². The number of methoxy groups -OCH3 is 1. The number of nitrogens with zero attached hydrogens (tertiary/aromatic N) is 1. The number of anilines is 1. The van der Waals surface area contributed by atoms with Crippen molar-refractivity contribution in [2.75, 3.05) is 19.1 Å². The van der Waals surface area contributed by atoms with Crippen molar-refractivity contribution < 1.29 is 9.84 Å². The number of hydrogen-bond acceptors (Lipinski definition) is 3. The SMILES string of the molecule is COc1ccc(CN(C)c2ccc([C@@H](C)O)cc2Br)cc1. The third-order valence-corrected chi connectivity index (χ3v) is 4.08. The fraction of sp³-hybridized carbons (Fsp3) is 0.294. The summed E-state index contributed by atoms with van der Waals surface area (Å²) in [6.07, 6.45) is -0.456. The number of hydrogen-bond donors (Lipinski definition) is 1. The summed E-state index contributed by atoms with van der Waals surface area (Å²) in [5.41, 5.74) is 3.21. The number of benzene rings is 2. The van der Waals surface area contributed by atoms with Crippen LogP contribution < -0.4 is 9.64 Å². The second kappa shape index (κ2) is 6.96. The van der Waals surface area contributed by atoms with Gasteiger partial charge >= 0.3 is 0 Å². The molecule has 0 amide bonds. The van der Waals surface area contributed by atoms with Crippen LogP contribution in [0.1, 0.15) is 24.2 Å². The van der Waals surface area contributed by atoms with Crippen molar-refractivity contribution in [2.24, 2.45) is 0 Å². The van der Waals surface area contributed by atoms with Crippen LogP contribution in [0.3, 0.4) is 0 Å². The lowest BCUT2D eigenvalue weighted by Gasteiger charge is -2.22. The highest BCUT2D eigenvalue weighted by Gasteiger charge is 2.09. The molecule has 1 N–H and O–H groups in total. The molecule has 21 heavy (non-hydrogen) atoms. The highest BCUT2D eigenvalue weighted by atomic mass is 79.9. The van der Waals surface area contributed by atoms with E-state index in [1.54, 1.807) is 14.0 Å². The fourth-order valence-corrected chi connectivity index (χ4v) is 2.88. The summed E-state index contributed by atoms with van der Waals surface area (Å²) < 4.78 is 6.15. The van der Waals surface area contributed by atoms with Crippen LogP contribution in [-0.2, 0) is 6.54 Å². The van der Waals surface area contributed by atoms with Gasteiger partial charge in [-0.2, -0.15) is 0 Å². The number of rotatable bonds is 5. The molecule has 0 radical (unpaired) electrons. The van der Waals surface area contributed by atoms with E-state index in [1.165, 1.54) is 5.56 Å². The van der Waals surface area contributed by atoms with Crippen LogP contribution in [0.4, 0.5) is 5.69 Å². The molecule has 0 heterocycles. The van der Waals surface area contributed by atoms with Crippen molar-refractivity contribution in [1.82, 2.24) is 0 Å². The van der Waals surface area contributed by atoms with Crippen LogP contribution in [0.25, 0.3) is 0 Å². The van der Waals surface area contributed by atoms with E-state index >= 15 is 0 Å². The van der Waals surface area contributed by atoms with Gasteiger partial charge in [-0.25, -0.2) is 0 Å². The van der Waals surface area contributed by atoms with Crippen molar-refractivity contribution in [3.63, 3.8) is 0 Å². The number of aliphatic hydroxyl groups is 1. The summed E-state index contributed by atoms with van der Waals surface area (Å²) in [5.74, 6) is 0.865. The van der Waals surface area contributed by atoms with E-state index in [2.05, 4.69) is 33.0 Å². The molecule has 2 aromatic carbocycles. The Bertz CT molecular complexity index is 596. The quantitative estimate of drug-likeness (QED) is 0.880. The van der Waals surface area contributed by atoms with Gasteiger partial charge in [-0.05, 0) is 58.2 Å². The van der Waals surface area contributed by atoms with Gasteiger partial charge in [-0.1, -0.05) is 18.2 Å². The first-order chi connectivity index (χ1) is 10.0. The molecule has 0 spiro atoms. The molecule has 0 unspecified atom stereocenters. The second-order valence-electron chi connectivity index (χ2n) is 5.09. The predicted octanol–water partition coefficient (Wildman–Crippen LogP) is 4.15. The molecule has 0 aliphatic carbocycles. The van der Waals surface area contributed by atoms with Gasteiger partial charge in [0.1, 0.15) is 5.75 Å². The van der Waals surface area contributed by atoms with Crippen molar-refractivity contribution in [3.8, 4) is 5.75 Å². The molecule has 0 saturated carbocycles. The van der Waals surface area contributed by atoms with Crippen LogP contribution in [0, 0.1) is 0 Å². The maximum absolute atomic E-state index is 9.62. The third kappa shape index (κ3) is 3.99. The Kier molecular flexibility index (Phi) is 5.26. The zero-order valence-electron chi connectivity index (χ0n) is 12.5. The van der Waals surface area contributed by atoms with Gasteiger partial charge in [-0.3, -0.25) is 0 Å². The first-order valence-corrected chi connectivity index (χ1v) is 7.62. The summed E-state index contributed by atoms with van der Waals surface area (Å²) in [7, 11) is 3.72. The molecule has 0 saturated heterocycles. The van der Waals surface area contributed by atoms with E-state index in [4.69, 9.17) is 4.74 Å². The third-order valence-electron chi connectivity index (χ3n) is 3.44. The minimum absolute atomic E-state index is 0.456. The molecule has 4 heteroatoms. The standard InChI is InChI=1S/C17H20BrNO2/c1-12(20)14-6-9-17(16(18)10-14)19(2)11-13-4-7-15(21-3)8-5-13/h4-10,12,20H,11H2,1-3H3/t12-/m1/s1. The van der Waals surface area contributed by atoms with E-state index in [-0.39, 0.29) is 0 Å². The van der Waals surface area contributed by atoms with Crippen LogP contribution in [0.15, 0.2) is 46.9 Å². The fourth-order valence-electron chi connectivity index (χ4n) is 2.18. The minimum atomic E-state index is -0.456. The lowest BCUT2D eigenvalue weighted by molar-refractivity contribution is 0.199. The summed E-state index contributed by atoms with van der Waals surface area (Å²) in [4.78, 5) is 2.16. The second-order valence-corrected chi connectivity index (χ2v) is 5.95. The van der Waals surface area contributed by atoms with Gasteiger partial charge in [-0.15, -0.1) is 0 Å². The smallest absolute Gasteiger partial charge is 0.118 e. The largest absolute Gasteiger partial charge is 0.497 e. The van der Waals surface area contributed by atoms with Gasteiger partial charge < -0.3 is 14.7 Å². The maximum Gasteiger partial charge on any atom is 0.118 e. The van der Waals surface area contributed by atoms with Crippen molar-refractivity contribution >= 4 is 21.6 Å². The minimum Gasteiger partial charge on any atom is -0.497 e. The molecule has 0 aromatic heterocycles. The lowest BCUT2D eigenvalue weighted by atomic mass is 10.1. The highest BCUT2D eigenvalue weighted by molar-refractivity contribution is 9.10. The normalized spacial score (nSPS) is 12.0. The zero-order chi connectivity index (χ0) is 15.4. The van der Waals surface area contributed by atoms with Gasteiger partial charge in [0, 0.05) is 18.1 Å². The summed E-state index contributed by atoms with van der Waals surface area (Å²) >= 11 is 3.58. The molecule has 0 aliphatic rings. The van der Waals surface area contributed by atoms with Crippen LogP contribution in [0.2, 0.25) is 0 Å². The first-order valence-electron chi connectivity index (χ1n) is 6.83. The van der Waals surface area contributed by atoms with Gasteiger partial charge in [0.25, 0.3) is 0 Å². The molecular weight excluding hydrogens is 330 g/mol. The van der Waals surface area contributed by atoms with E-state index in [0.717, 1.165) is 28.0 Å². The Balaban J connectivity index is 2.13. The zero-order valence-corrected chi connectivity index (χ0v) is 14.1. The maximum atomic E-state index is 9.62. The molecule has 2 aromatic rings. The lowest BCUT2D eigenvalue weighted by Crippen LogP contribution is -2.17. The van der Waals surface area contributed by atoms with Gasteiger partial charge in [0.2, 0.25) is 0 Å². The molecule has 1 atom stereocenters. The Morgan fingerprint density at radius 1 is 1.19 bits per heavy atom. The Labute approximate surface area is 134 Å². The number of ether oxygens (including phenoxy) is 1. The first kappa shape index (κ1) is 15.9. The molecule has 0 bridgehead atoms. The average molecular weight is 350 g/mol. The van der Waals surface area contributed by atoms with Crippen LogP contribution in [0.5, 0.6) is 5.75 Å². The van der Waals surface area contributed by atoms with E-state index in [1.807, 2.05) is 37.4 Å². The molecule has 2 rings (SSSR count). The molecular formula is C17H20BrNO2. The van der Waals surface area contributed by atoms with E-state index < -0.39 is 6.10 Å². The summed E-state index contributed by atoms with van der Waals surface area (Å²) in [6.45, 7) is 2.57. The Morgan fingerprint density at radius 2 is 1.86 bits per heavy atom. The summed E-state index contributed by atoms with van der Waals surface area (Å²) in [6, 6.07) is 14.0. The van der Waals surface area contributed by atoms with E-state index in [0.29, 0.717) is 0 Å². The van der Waals surface area contributed by atoms with Gasteiger partial charge in [0.05, 0.1) is 18.9 Å². The summed E-state index contributed by atoms with van der Waals surface area (Å²) in [5, 5.41) is 9.62. The van der Waals surface area contributed by atoms with Crippen LogP contribution >= 0.6 is 15.9 Å². The average Bonchev–Trinajstić information content (AvgIpc) is 2.47. The van der Waals surface area contributed by atoms with Gasteiger partial charge in [0.15, 0.2) is 0 Å². The molecule has 0 aliphatic heterocycles. The van der Waals surface area contributed by atoms with Crippen molar-refractivity contribution in [3.05, 3.63) is 58.1 Å². The topological polar surface area (TPSA) is 32.7 Å². The number of aliphatic hydroxyl groups excluding tert-OH is 1. The van der Waals surface area contributed by atoms with E-state index in [9.17, 15) is 5.11 Å². The Hall–Kier alpha value is -1.52. The molecule has 112 valence electrons. The molecule has 3 nitrogen and oxygen atoms in total. The highest BCUT2D eigenvalue weighted by Crippen LogP contribution is 2.29. The predicted molar refractivity (Wildman–Crippen MR) is 89.9 cm³/mol. The molecule has 0 fully saturated rings. The van der Waals surface area contributed by atoms with Crippen LogP contribution in [-0.4, -0.2) is 19.3 Å². The van der Waals surface area contributed by atoms with Crippen molar-refractivity contribution in [1.29, 1.82) is 0 Å². The number of halogens is 1.